The van der Waals surface area contributed by atoms with Gasteiger partial charge < -0.3 is 10.2 Å². The summed E-state index contributed by atoms with van der Waals surface area (Å²) in [4.78, 5) is 29.1. The van der Waals surface area contributed by atoms with Crippen LogP contribution in [0.15, 0.2) is 23.1 Å². The quantitative estimate of drug-likeness (QED) is 0.778. The van der Waals surface area contributed by atoms with E-state index in [4.69, 9.17) is 0 Å². The second-order valence-electron chi connectivity index (χ2n) is 6.76. The van der Waals surface area contributed by atoms with E-state index in [9.17, 15) is 9.59 Å². The molecule has 0 heterocycles. The van der Waals surface area contributed by atoms with E-state index in [0.29, 0.717) is 18.7 Å². The minimum atomic E-state index is -0.747. The Labute approximate surface area is 155 Å². The number of hydrogen-bond donors (Lipinski definition) is 1. The number of thioether (sulfide) groups is 1. The zero-order valence-electron chi connectivity index (χ0n) is 15.9. The van der Waals surface area contributed by atoms with Crippen molar-refractivity contribution in [2.75, 3.05) is 19.3 Å². The topological polar surface area (TPSA) is 49.4 Å². The van der Waals surface area contributed by atoms with Crippen LogP contribution in [-0.2, 0) is 4.79 Å². The van der Waals surface area contributed by atoms with Crippen LogP contribution >= 0.6 is 11.8 Å². The van der Waals surface area contributed by atoms with E-state index >= 15 is 0 Å². The van der Waals surface area contributed by atoms with Crippen molar-refractivity contribution in [3.8, 4) is 0 Å². The van der Waals surface area contributed by atoms with Gasteiger partial charge in [-0.15, -0.1) is 11.8 Å². The molecule has 2 amide bonds. The van der Waals surface area contributed by atoms with Crippen LogP contribution in [0, 0.1) is 6.92 Å². The first kappa shape index (κ1) is 19.8. The molecule has 0 spiro atoms. The van der Waals surface area contributed by atoms with Crippen molar-refractivity contribution >= 4 is 23.6 Å². The van der Waals surface area contributed by atoms with Gasteiger partial charge in [-0.1, -0.05) is 25.3 Å². The van der Waals surface area contributed by atoms with Crippen LogP contribution in [-0.4, -0.2) is 41.6 Å². The lowest BCUT2D eigenvalue weighted by Crippen LogP contribution is -2.60. The zero-order valence-corrected chi connectivity index (χ0v) is 16.7. The molecule has 0 aliphatic heterocycles. The third-order valence-electron chi connectivity index (χ3n) is 5.21. The number of hydrogen-bond acceptors (Lipinski definition) is 3. The van der Waals surface area contributed by atoms with Gasteiger partial charge in [-0.25, -0.2) is 0 Å². The fraction of sp³-hybridized carbons (Fsp3) is 0.600. The summed E-state index contributed by atoms with van der Waals surface area (Å²) in [6.45, 7) is 7.28. The molecule has 1 aliphatic carbocycles. The SMILES string of the molecule is CCN(CC)C(=O)C1(NC(=O)c2cc(SC)ccc2C)CCCCC1. The first-order valence-corrected chi connectivity index (χ1v) is 10.5. The first-order chi connectivity index (χ1) is 12.0. The average Bonchev–Trinajstić information content (AvgIpc) is 2.63. The lowest BCUT2D eigenvalue weighted by Gasteiger charge is -2.40. The fourth-order valence-electron chi connectivity index (χ4n) is 3.62. The molecular formula is C20H30N2O2S. The van der Waals surface area contributed by atoms with Crippen molar-refractivity contribution in [3.63, 3.8) is 0 Å². The van der Waals surface area contributed by atoms with Gasteiger partial charge in [0.15, 0.2) is 0 Å². The van der Waals surface area contributed by atoms with Gasteiger partial charge in [0.25, 0.3) is 5.91 Å². The summed E-state index contributed by atoms with van der Waals surface area (Å²) in [7, 11) is 0. The van der Waals surface area contributed by atoms with Crippen molar-refractivity contribution in [2.45, 2.75) is 63.3 Å². The highest BCUT2D eigenvalue weighted by Crippen LogP contribution is 2.31. The van der Waals surface area contributed by atoms with Gasteiger partial charge in [0.2, 0.25) is 5.91 Å². The van der Waals surface area contributed by atoms with E-state index in [1.807, 2.05) is 50.1 Å². The number of carbonyl (C=O) groups excluding carboxylic acids is 2. The maximum Gasteiger partial charge on any atom is 0.252 e. The van der Waals surface area contributed by atoms with Crippen LogP contribution in [0.25, 0.3) is 0 Å². The molecule has 0 bridgehead atoms. The third-order valence-corrected chi connectivity index (χ3v) is 5.93. The second-order valence-corrected chi connectivity index (χ2v) is 7.63. The molecule has 1 aromatic carbocycles. The summed E-state index contributed by atoms with van der Waals surface area (Å²) in [5.41, 5.74) is 0.865. The highest BCUT2D eigenvalue weighted by molar-refractivity contribution is 7.98. The van der Waals surface area contributed by atoms with Gasteiger partial charge in [-0.2, -0.15) is 0 Å². The lowest BCUT2D eigenvalue weighted by molar-refractivity contribution is -0.139. The van der Waals surface area contributed by atoms with Crippen LogP contribution in [0.4, 0.5) is 0 Å². The summed E-state index contributed by atoms with van der Waals surface area (Å²) in [6, 6.07) is 5.92. The Bertz CT molecular complexity index is 620. The molecule has 1 fully saturated rings. The van der Waals surface area contributed by atoms with Gasteiger partial charge in [-0.05, 0) is 57.6 Å². The number of rotatable bonds is 6. The summed E-state index contributed by atoms with van der Waals surface area (Å²) < 4.78 is 0. The number of benzene rings is 1. The maximum atomic E-state index is 13.2. The van der Waals surface area contributed by atoms with E-state index in [0.717, 1.165) is 42.6 Å². The molecule has 1 N–H and O–H groups in total. The molecule has 25 heavy (non-hydrogen) atoms. The molecule has 0 radical (unpaired) electrons. The minimum Gasteiger partial charge on any atom is -0.341 e. The summed E-state index contributed by atoms with van der Waals surface area (Å²) >= 11 is 1.62. The molecule has 1 aliphatic rings. The molecule has 0 aromatic heterocycles. The molecule has 0 atom stereocenters. The Morgan fingerprint density at radius 1 is 1.16 bits per heavy atom. The van der Waals surface area contributed by atoms with E-state index in [-0.39, 0.29) is 11.8 Å². The summed E-state index contributed by atoms with van der Waals surface area (Å²) in [6.07, 6.45) is 6.56. The molecule has 1 saturated carbocycles. The van der Waals surface area contributed by atoms with E-state index in [1.165, 1.54) is 0 Å². The van der Waals surface area contributed by atoms with Crippen molar-refractivity contribution in [2.24, 2.45) is 0 Å². The van der Waals surface area contributed by atoms with Gasteiger partial charge >= 0.3 is 0 Å². The molecule has 4 nitrogen and oxygen atoms in total. The Balaban J connectivity index is 2.31. The van der Waals surface area contributed by atoms with Crippen LogP contribution < -0.4 is 5.32 Å². The average molecular weight is 363 g/mol. The normalized spacial score (nSPS) is 16.3. The van der Waals surface area contributed by atoms with Gasteiger partial charge in [0, 0.05) is 23.5 Å². The van der Waals surface area contributed by atoms with Crippen LogP contribution in [0.1, 0.15) is 61.9 Å². The van der Waals surface area contributed by atoms with Crippen molar-refractivity contribution in [1.29, 1.82) is 0 Å². The van der Waals surface area contributed by atoms with Crippen LogP contribution in [0.3, 0.4) is 0 Å². The Kier molecular flexibility index (Phi) is 6.94. The monoisotopic (exact) mass is 362 g/mol. The summed E-state index contributed by atoms with van der Waals surface area (Å²) in [5, 5.41) is 3.15. The highest BCUT2D eigenvalue weighted by atomic mass is 32.2. The number of likely N-dealkylation sites (N-methyl/N-ethyl adjacent to an activating group) is 1. The minimum absolute atomic E-state index is 0.0734. The molecule has 0 unspecified atom stereocenters. The van der Waals surface area contributed by atoms with Gasteiger partial charge in [-0.3, -0.25) is 9.59 Å². The number of carbonyl (C=O) groups is 2. The van der Waals surface area contributed by atoms with E-state index < -0.39 is 5.54 Å². The Morgan fingerprint density at radius 3 is 2.36 bits per heavy atom. The Hall–Kier alpha value is -1.49. The van der Waals surface area contributed by atoms with Crippen molar-refractivity contribution in [3.05, 3.63) is 29.3 Å². The highest BCUT2D eigenvalue weighted by Gasteiger charge is 2.43. The van der Waals surface area contributed by atoms with E-state index in [1.54, 1.807) is 11.8 Å². The molecule has 1 aromatic rings. The largest absolute Gasteiger partial charge is 0.341 e. The van der Waals surface area contributed by atoms with Gasteiger partial charge in [0.1, 0.15) is 5.54 Å². The van der Waals surface area contributed by atoms with Gasteiger partial charge in [0.05, 0.1) is 0 Å². The lowest BCUT2D eigenvalue weighted by atomic mass is 9.80. The van der Waals surface area contributed by atoms with Crippen molar-refractivity contribution in [1.82, 2.24) is 10.2 Å². The predicted octanol–water partition coefficient (Wildman–Crippen LogP) is 4.02. The fourth-order valence-corrected chi connectivity index (χ4v) is 4.06. The first-order valence-electron chi connectivity index (χ1n) is 9.24. The van der Waals surface area contributed by atoms with Crippen molar-refractivity contribution < 1.29 is 9.59 Å². The second kappa shape index (κ2) is 8.75. The molecular weight excluding hydrogens is 332 g/mol. The predicted molar refractivity (Wildman–Crippen MR) is 104 cm³/mol. The number of aryl methyl sites for hydroxylation is 1. The third kappa shape index (κ3) is 4.38. The zero-order chi connectivity index (χ0) is 18.4. The number of amides is 2. The van der Waals surface area contributed by atoms with Crippen LogP contribution in [0.2, 0.25) is 0 Å². The molecule has 0 saturated heterocycles. The Morgan fingerprint density at radius 2 is 1.80 bits per heavy atom. The van der Waals surface area contributed by atoms with Crippen LogP contribution in [0.5, 0.6) is 0 Å². The molecule has 2 rings (SSSR count). The van der Waals surface area contributed by atoms with E-state index in [2.05, 4.69) is 5.32 Å². The number of nitrogens with zero attached hydrogens (tertiary/aromatic N) is 1. The maximum absolute atomic E-state index is 13.2. The molecule has 138 valence electrons. The standard InChI is InChI=1S/C20H30N2O2S/c1-5-22(6-2)19(24)20(12-8-7-9-13-20)21-18(23)17-14-16(25-4)11-10-15(17)3/h10-11,14H,5-9,12-13H2,1-4H3,(H,21,23). The summed E-state index contributed by atoms with van der Waals surface area (Å²) in [5.74, 6) is -0.0555. The smallest absolute Gasteiger partial charge is 0.252 e. The molecule has 5 heteroatoms. The number of nitrogens with one attached hydrogen (secondary N) is 1.